The molecule has 0 atom stereocenters. The maximum atomic E-state index is 9.08. The van der Waals surface area contributed by atoms with Crippen molar-refractivity contribution in [3.05, 3.63) is 53.6 Å². The monoisotopic (exact) mass is 345 g/mol. The molecule has 2 aromatic carbocycles. The maximum Gasteiger partial charge on any atom is 0.129 e. The third-order valence-electron chi connectivity index (χ3n) is 3.12. The van der Waals surface area contributed by atoms with Crippen LogP contribution >= 0.6 is 0 Å². The molecule has 2 rings (SSSR count). The molecule has 4 nitrogen and oxygen atoms in total. The van der Waals surface area contributed by atoms with Crippen LogP contribution in [0.1, 0.15) is 11.1 Å². The zero-order chi connectivity index (χ0) is 18.3. The van der Waals surface area contributed by atoms with Gasteiger partial charge in [0.2, 0.25) is 0 Å². The van der Waals surface area contributed by atoms with Crippen molar-refractivity contribution >= 4 is 25.5 Å². The van der Waals surface area contributed by atoms with Gasteiger partial charge in [-0.05, 0) is 42.5 Å². The number of hydrogen-bond acceptors (Lipinski definition) is 4. The molecule has 0 radical (unpaired) electrons. The van der Waals surface area contributed by atoms with Gasteiger partial charge in [-0.15, -0.1) is 5.54 Å². The van der Waals surface area contributed by atoms with Gasteiger partial charge in [-0.2, -0.15) is 15.2 Å². The van der Waals surface area contributed by atoms with E-state index in [-0.39, 0.29) is 0 Å². The number of hydrogen-bond donors (Lipinski definition) is 0. The fraction of sp³-hybridized carbons (Fsp3) is 0.200. The van der Waals surface area contributed by atoms with Crippen LogP contribution in [0.4, 0.5) is 11.4 Å². The smallest absolute Gasteiger partial charge is 0.129 e. The Hall–Kier alpha value is -3.11. The Morgan fingerprint density at radius 1 is 1.00 bits per heavy atom. The largest absolute Gasteiger partial charge is 0.497 e. The third-order valence-corrected chi connectivity index (χ3v) is 3.99. The molecule has 0 saturated carbocycles. The van der Waals surface area contributed by atoms with Gasteiger partial charge < -0.3 is 4.74 Å². The lowest BCUT2D eigenvalue weighted by atomic mass is 10.1. The summed E-state index contributed by atoms with van der Waals surface area (Å²) in [6.45, 7) is 6.51. The maximum absolute atomic E-state index is 9.08. The van der Waals surface area contributed by atoms with Gasteiger partial charge >= 0.3 is 0 Å². The number of methoxy groups -OCH3 is 1. The molecule has 0 aliphatic heterocycles. The molecule has 25 heavy (non-hydrogen) atoms. The highest BCUT2D eigenvalue weighted by atomic mass is 28.3. The molecule has 5 heteroatoms. The summed E-state index contributed by atoms with van der Waals surface area (Å²) in [6, 6.07) is 17.4. The average Bonchev–Trinajstić information content (AvgIpc) is 2.60. The first-order valence-corrected chi connectivity index (χ1v) is 11.3. The summed E-state index contributed by atoms with van der Waals surface area (Å²) in [5.41, 5.74) is 5.96. The normalized spacial score (nSPS) is 9.88. The molecule has 0 unspecified atom stereocenters. The third kappa shape index (κ3) is 5.79. The molecule has 0 bridgehead atoms. The molecular formula is C20H19N3OSi. The number of nitriles is 1. The summed E-state index contributed by atoms with van der Waals surface area (Å²) >= 11 is 0. The van der Waals surface area contributed by atoms with Crippen LogP contribution in [-0.4, -0.2) is 21.2 Å². The van der Waals surface area contributed by atoms with E-state index in [1.165, 1.54) is 0 Å². The molecule has 124 valence electrons. The molecule has 0 heterocycles. The summed E-state index contributed by atoms with van der Waals surface area (Å²) in [7, 11) is 0.0938. The van der Waals surface area contributed by atoms with Crippen LogP contribution in [0, 0.1) is 22.8 Å². The number of nitrogens with zero attached hydrogens (tertiary/aromatic N) is 3. The molecule has 0 N–H and O–H groups in total. The minimum absolute atomic E-state index is 0.561. The van der Waals surface area contributed by atoms with Gasteiger partial charge in [0.25, 0.3) is 0 Å². The second-order valence-electron chi connectivity index (χ2n) is 6.37. The van der Waals surface area contributed by atoms with E-state index in [0.717, 1.165) is 17.0 Å². The molecule has 0 saturated heterocycles. The lowest BCUT2D eigenvalue weighted by Gasteiger charge is -2.04. The SMILES string of the molecule is COc1ccc(N=C=Nc2ccc(C#N)cc2C#C[Si](C)(C)C)cc1. The van der Waals surface area contributed by atoms with Crippen LogP contribution < -0.4 is 4.74 Å². The van der Waals surface area contributed by atoms with Gasteiger partial charge in [0.15, 0.2) is 0 Å². The molecule has 0 aliphatic rings. The first-order valence-electron chi connectivity index (χ1n) is 7.79. The minimum Gasteiger partial charge on any atom is -0.497 e. The van der Waals surface area contributed by atoms with Gasteiger partial charge in [0.05, 0.1) is 35.7 Å². The predicted octanol–water partition coefficient (Wildman–Crippen LogP) is 4.93. The van der Waals surface area contributed by atoms with E-state index >= 15 is 0 Å². The quantitative estimate of drug-likeness (QED) is 0.450. The molecule has 2 aromatic rings. The Labute approximate surface area is 149 Å². The van der Waals surface area contributed by atoms with Crippen LogP contribution in [0.3, 0.4) is 0 Å². The summed E-state index contributed by atoms with van der Waals surface area (Å²) in [5, 5.41) is 9.08. The van der Waals surface area contributed by atoms with Crippen molar-refractivity contribution in [2.45, 2.75) is 19.6 Å². The van der Waals surface area contributed by atoms with E-state index < -0.39 is 8.07 Å². The van der Waals surface area contributed by atoms with Crippen molar-refractivity contribution in [3.63, 3.8) is 0 Å². The Kier molecular flexibility index (Phi) is 5.92. The summed E-state index contributed by atoms with van der Waals surface area (Å²) in [5.74, 6) is 3.93. The zero-order valence-electron chi connectivity index (χ0n) is 14.8. The van der Waals surface area contributed by atoms with E-state index in [9.17, 15) is 0 Å². The fourth-order valence-electron chi connectivity index (χ4n) is 1.85. The molecular weight excluding hydrogens is 326 g/mol. The highest BCUT2D eigenvalue weighted by molar-refractivity contribution is 6.83. The molecule has 0 fully saturated rings. The topological polar surface area (TPSA) is 57.7 Å². The van der Waals surface area contributed by atoms with Crippen molar-refractivity contribution in [2.75, 3.05) is 7.11 Å². The zero-order valence-corrected chi connectivity index (χ0v) is 15.8. The van der Waals surface area contributed by atoms with Crippen molar-refractivity contribution in [1.29, 1.82) is 5.26 Å². The van der Waals surface area contributed by atoms with Crippen LogP contribution in [0.5, 0.6) is 5.75 Å². The number of rotatable bonds is 3. The van der Waals surface area contributed by atoms with Crippen LogP contribution in [0.15, 0.2) is 52.4 Å². The summed E-state index contributed by atoms with van der Waals surface area (Å²) < 4.78 is 5.11. The van der Waals surface area contributed by atoms with E-state index in [1.54, 1.807) is 25.3 Å². The minimum atomic E-state index is -1.52. The summed E-state index contributed by atoms with van der Waals surface area (Å²) in [4.78, 5) is 8.47. The second-order valence-corrected chi connectivity index (χ2v) is 11.1. The lowest BCUT2D eigenvalue weighted by Crippen LogP contribution is -2.16. The first-order chi connectivity index (χ1) is 11.9. The van der Waals surface area contributed by atoms with E-state index in [1.807, 2.05) is 24.3 Å². The average molecular weight is 345 g/mol. The van der Waals surface area contributed by atoms with Crippen molar-refractivity contribution in [2.24, 2.45) is 9.98 Å². The molecule has 0 spiro atoms. The number of aliphatic imine (C=N–C) groups is 2. The van der Waals surface area contributed by atoms with Gasteiger partial charge in [-0.3, -0.25) is 0 Å². The van der Waals surface area contributed by atoms with Crippen LogP contribution in [-0.2, 0) is 0 Å². The van der Waals surface area contributed by atoms with Crippen LogP contribution in [0.25, 0.3) is 0 Å². The Morgan fingerprint density at radius 3 is 2.32 bits per heavy atom. The highest BCUT2D eigenvalue weighted by Crippen LogP contribution is 2.20. The summed E-state index contributed by atoms with van der Waals surface area (Å²) in [6.07, 6.45) is 0. The first kappa shape index (κ1) is 18.2. The van der Waals surface area contributed by atoms with Gasteiger partial charge in [0.1, 0.15) is 19.8 Å². The molecule has 0 aliphatic carbocycles. The van der Waals surface area contributed by atoms with E-state index in [4.69, 9.17) is 10.00 Å². The van der Waals surface area contributed by atoms with Gasteiger partial charge in [-0.1, -0.05) is 25.6 Å². The Bertz CT molecular complexity index is 917. The number of ether oxygens (including phenoxy) is 1. The molecule has 0 amide bonds. The second kappa shape index (κ2) is 8.12. The van der Waals surface area contributed by atoms with Crippen molar-refractivity contribution in [1.82, 2.24) is 0 Å². The van der Waals surface area contributed by atoms with E-state index in [2.05, 4.69) is 53.2 Å². The Morgan fingerprint density at radius 2 is 1.72 bits per heavy atom. The molecule has 0 aromatic heterocycles. The standard InChI is InChI=1S/C20H19N3OSi/c1-24-19-8-6-18(7-9-19)22-15-23-20-10-5-16(14-21)13-17(20)11-12-25(2,3)4/h5-10,13H,1-4H3. The lowest BCUT2D eigenvalue weighted by molar-refractivity contribution is 0.415. The van der Waals surface area contributed by atoms with Crippen molar-refractivity contribution < 1.29 is 4.74 Å². The van der Waals surface area contributed by atoms with Crippen molar-refractivity contribution in [3.8, 4) is 23.3 Å². The predicted molar refractivity (Wildman–Crippen MR) is 104 cm³/mol. The fourth-order valence-corrected chi connectivity index (χ4v) is 2.36. The van der Waals surface area contributed by atoms with E-state index in [0.29, 0.717) is 11.3 Å². The Balaban J connectivity index is 2.35. The van der Waals surface area contributed by atoms with Gasteiger partial charge in [-0.25, -0.2) is 0 Å². The van der Waals surface area contributed by atoms with Crippen LogP contribution in [0.2, 0.25) is 19.6 Å². The highest BCUT2D eigenvalue weighted by Gasteiger charge is 2.08. The van der Waals surface area contributed by atoms with Gasteiger partial charge in [0, 0.05) is 0 Å². The number of benzene rings is 2.